The second-order valence-electron chi connectivity index (χ2n) is 8.99. The molecule has 3 aromatic rings. The lowest BCUT2D eigenvalue weighted by Crippen LogP contribution is -2.47. The molecule has 0 spiro atoms. The van der Waals surface area contributed by atoms with Gasteiger partial charge in [0, 0.05) is 18.6 Å². The van der Waals surface area contributed by atoms with Crippen LogP contribution >= 0.6 is 0 Å². The van der Waals surface area contributed by atoms with Crippen LogP contribution in [0.15, 0.2) is 78.9 Å². The van der Waals surface area contributed by atoms with E-state index in [4.69, 9.17) is 15.2 Å². The third-order valence-electron chi connectivity index (χ3n) is 6.79. The number of carbonyl (C=O) groups is 3. The Kier molecular flexibility index (Phi) is 7.50. The summed E-state index contributed by atoms with van der Waals surface area (Å²) in [7, 11) is 2.98. The van der Waals surface area contributed by atoms with Gasteiger partial charge >= 0.3 is 0 Å². The number of benzene rings is 3. The molecular weight excluding hydrogens is 456 g/mol. The second kappa shape index (κ2) is 10.7. The van der Waals surface area contributed by atoms with Gasteiger partial charge in [0.25, 0.3) is 0 Å². The van der Waals surface area contributed by atoms with E-state index in [1.165, 1.54) is 12.0 Å². The third kappa shape index (κ3) is 4.75. The highest BCUT2D eigenvalue weighted by Crippen LogP contribution is 2.51. The van der Waals surface area contributed by atoms with Crippen LogP contribution in [0.25, 0.3) is 0 Å². The predicted molar refractivity (Wildman–Crippen MR) is 136 cm³/mol. The standard InChI is InChI=1S/C29H30N2O5/c1-18-9-11-20(12-10-18)26-25(28(33)21-13-15-22(36-3)16-14-21)24(19-7-5-4-6-8-19)27(29(30)34)31(26)23(32)17-35-2/h4-16,24-27H,17H2,1-3H3,(H2,30,34). The topological polar surface area (TPSA) is 98.9 Å². The van der Waals surface area contributed by atoms with Crippen molar-refractivity contribution >= 4 is 17.6 Å². The molecule has 1 aliphatic heterocycles. The van der Waals surface area contributed by atoms with Crippen LogP contribution in [-0.2, 0) is 14.3 Å². The molecular formula is C29H30N2O5. The van der Waals surface area contributed by atoms with Crippen molar-refractivity contribution in [3.63, 3.8) is 0 Å². The Morgan fingerprint density at radius 2 is 1.50 bits per heavy atom. The van der Waals surface area contributed by atoms with Crippen LogP contribution in [0.2, 0.25) is 0 Å². The molecule has 0 saturated carbocycles. The fraction of sp³-hybridized carbons (Fsp3) is 0.276. The fourth-order valence-electron chi connectivity index (χ4n) is 5.18. The number of hydrogen-bond donors (Lipinski definition) is 1. The van der Waals surface area contributed by atoms with Gasteiger partial charge in [-0.15, -0.1) is 0 Å². The number of amides is 2. The van der Waals surface area contributed by atoms with E-state index in [0.717, 1.165) is 16.7 Å². The molecule has 2 amide bonds. The van der Waals surface area contributed by atoms with E-state index in [9.17, 15) is 14.4 Å². The van der Waals surface area contributed by atoms with Crippen LogP contribution in [0.4, 0.5) is 0 Å². The van der Waals surface area contributed by atoms with Crippen LogP contribution in [0.3, 0.4) is 0 Å². The Bertz CT molecular complexity index is 1220. The number of aryl methyl sites for hydroxylation is 1. The van der Waals surface area contributed by atoms with E-state index in [2.05, 4.69) is 0 Å². The summed E-state index contributed by atoms with van der Waals surface area (Å²) < 4.78 is 10.4. The number of primary amides is 1. The number of carbonyl (C=O) groups excluding carboxylic acids is 3. The van der Waals surface area contributed by atoms with Gasteiger partial charge in [0.2, 0.25) is 11.8 Å². The van der Waals surface area contributed by atoms with Crippen molar-refractivity contribution in [2.45, 2.75) is 24.9 Å². The summed E-state index contributed by atoms with van der Waals surface area (Å²) in [5, 5.41) is 0. The summed E-state index contributed by atoms with van der Waals surface area (Å²) in [5.74, 6) is -2.05. The molecule has 1 aliphatic rings. The molecule has 2 N–H and O–H groups in total. The molecule has 1 saturated heterocycles. The van der Waals surface area contributed by atoms with Gasteiger partial charge in [0.05, 0.1) is 19.1 Å². The highest BCUT2D eigenvalue weighted by molar-refractivity contribution is 6.02. The highest BCUT2D eigenvalue weighted by Gasteiger charge is 2.56. The molecule has 4 atom stereocenters. The van der Waals surface area contributed by atoms with Crippen molar-refractivity contribution in [3.05, 3.63) is 101 Å². The number of hydrogen-bond acceptors (Lipinski definition) is 5. The normalized spacial score (nSPS) is 21.2. The zero-order valence-electron chi connectivity index (χ0n) is 20.6. The first-order valence-electron chi connectivity index (χ1n) is 11.8. The van der Waals surface area contributed by atoms with E-state index >= 15 is 0 Å². The van der Waals surface area contributed by atoms with Gasteiger partial charge in [-0.1, -0.05) is 60.2 Å². The summed E-state index contributed by atoms with van der Waals surface area (Å²) in [4.78, 5) is 42.1. The smallest absolute Gasteiger partial charge is 0.249 e. The Hall–Kier alpha value is -3.97. The third-order valence-corrected chi connectivity index (χ3v) is 6.79. The van der Waals surface area contributed by atoms with Gasteiger partial charge in [-0.05, 0) is 42.3 Å². The van der Waals surface area contributed by atoms with Crippen molar-refractivity contribution in [2.24, 2.45) is 11.7 Å². The number of nitrogens with zero attached hydrogens (tertiary/aromatic N) is 1. The summed E-state index contributed by atoms with van der Waals surface area (Å²) in [6.45, 7) is 1.72. The maximum absolute atomic E-state index is 14.2. The van der Waals surface area contributed by atoms with Crippen molar-refractivity contribution in [3.8, 4) is 5.75 Å². The number of likely N-dealkylation sites (tertiary alicyclic amines) is 1. The minimum absolute atomic E-state index is 0.184. The zero-order chi connectivity index (χ0) is 25.8. The first kappa shape index (κ1) is 25.1. The molecule has 0 radical (unpaired) electrons. The summed E-state index contributed by atoms with van der Waals surface area (Å²) in [6, 6.07) is 22.0. The molecule has 0 aliphatic carbocycles. The number of Topliss-reactive ketones (excluding diaryl/α,β-unsaturated/α-hetero) is 1. The number of ketones is 1. The number of methoxy groups -OCH3 is 2. The Balaban J connectivity index is 1.95. The average Bonchev–Trinajstić information content (AvgIpc) is 3.26. The molecule has 3 aromatic carbocycles. The fourth-order valence-corrected chi connectivity index (χ4v) is 5.18. The predicted octanol–water partition coefficient (Wildman–Crippen LogP) is 3.67. The van der Waals surface area contributed by atoms with Crippen LogP contribution in [0.1, 0.15) is 39.0 Å². The van der Waals surface area contributed by atoms with Crippen LogP contribution < -0.4 is 10.5 Å². The Morgan fingerprint density at radius 3 is 2.06 bits per heavy atom. The van der Waals surface area contributed by atoms with Crippen molar-refractivity contribution in [1.82, 2.24) is 4.90 Å². The van der Waals surface area contributed by atoms with Gasteiger partial charge in [0.15, 0.2) is 5.78 Å². The van der Waals surface area contributed by atoms with Crippen LogP contribution in [0, 0.1) is 12.8 Å². The van der Waals surface area contributed by atoms with E-state index in [1.54, 1.807) is 31.4 Å². The molecule has 0 bridgehead atoms. The minimum Gasteiger partial charge on any atom is -0.497 e. The van der Waals surface area contributed by atoms with Gasteiger partial charge in [-0.25, -0.2) is 0 Å². The average molecular weight is 487 g/mol. The lowest BCUT2D eigenvalue weighted by Gasteiger charge is -2.30. The number of nitrogens with two attached hydrogens (primary N) is 1. The highest BCUT2D eigenvalue weighted by atomic mass is 16.5. The number of rotatable bonds is 8. The molecule has 1 heterocycles. The van der Waals surface area contributed by atoms with E-state index in [0.29, 0.717) is 11.3 Å². The van der Waals surface area contributed by atoms with Crippen molar-refractivity contribution in [2.75, 3.05) is 20.8 Å². The Labute approximate surface area is 210 Å². The number of ether oxygens (including phenoxy) is 2. The largest absolute Gasteiger partial charge is 0.497 e. The maximum atomic E-state index is 14.2. The van der Waals surface area contributed by atoms with E-state index in [1.807, 2.05) is 61.5 Å². The summed E-state index contributed by atoms with van der Waals surface area (Å²) in [6.07, 6.45) is 0. The van der Waals surface area contributed by atoms with Gasteiger partial charge in [-0.3, -0.25) is 14.4 Å². The monoisotopic (exact) mass is 486 g/mol. The van der Waals surface area contributed by atoms with Gasteiger partial charge < -0.3 is 20.1 Å². The molecule has 7 nitrogen and oxygen atoms in total. The first-order valence-corrected chi connectivity index (χ1v) is 11.8. The second-order valence-corrected chi connectivity index (χ2v) is 8.99. The molecule has 1 fully saturated rings. The quantitative estimate of drug-likeness (QED) is 0.490. The summed E-state index contributed by atoms with van der Waals surface area (Å²) in [5.41, 5.74) is 8.96. The van der Waals surface area contributed by atoms with Crippen LogP contribution in [-0.4, -0.2) is 49.4 Å². The van der Waals surface area contributed by atoms with Crippen LogP contribution in [0.5, 0.6) is 5.75 Å². The van der Waals surface area contributed by atoms with Gasteiger partial charge in [-0.2, -0.15) is 0 Å². The molecule has 36 heavy (non-hydrogen) atoms. The van der Waals surface area contributed by atoms with E-state index < -0.39 is 35.7 Å². The Morgan fingerprint density at radius 1 is 0.861 bits per heavy atom. The van der Waals surface area contributed by atoms with Gasteiger partial charge in [0.1, 0.15) is 18.4 Å². The van der Waals surface area contributed by atoms with Crippen molar-refractivity contribution in [1.29, 1.82) is 0 Å². The first-order chi connectivity index (χ1) is 17.4. The lowest BCUT2D eigenvalue weighted by molar-refractivity contribution is -0.143. The summed E-state index contributed by atoms with van der Waals surface area (Å²) >= 11 is 0. The zero-order valence-corrected chi connectivity index (χ0v) is 20.6. The molecule has 186 valence electrons. The lowest BCUT2D eigenvalue weighted by atomic mass is 9.76. The van der Waals surface area contributed by atoms with Crippen molar-refractivity contribution < 1.29 is 23.9 Å². The molecule has 4 unspecified atom stereocenters. The molecule has 7 heteroatoms. The molecule has 0 aromatic heterocycles. The minimum atomic E-state index is -1.03. The maximum Gasteiger partial charge on any atom is 0.249 e. The van der Waals surface area contributed by atoms with E-state index in [-0.39, 0.29) is 12.4 Å². The SMILES string of the molecule is COCC(=O)N1C(C(N)=O)C(c2ccccc2)C(C(=O)c2ccc(OC)cc2)C1c1ccc(C)cc1. The molecule has 4 rings (SSSR count).